The molecule has 2 heterocycles. The molecule has 2 aliphatic rings. The first kappa shape index (κ1) is 13.8. The Kier molecular flexibility index (Phi) is 3.67. The molecule has 5 heteroatoms. The maximum absolute atomic E-state index is 11.4. The van der Waals surface area contributed by atoms with Crippen LogP contribution in [0.1, 0.15) is 30.1 Å². The van der Waals surface area contributed by atoms with Crippen LogP contribution in [0, 0.1) is 0 Å². The molecule has 20 heavy (non-hydrogen) atoms. The molecule has 1 aromatic carbocycles. The van der Waals surface area contributed by atoms with Crippen LogP contribution in [-0.4, -0.2) is 50.2 Å². The number of nitrogens with zero attached hydrogens (tertiary/aromatic N) is 1. The predicted octanol–water partition coefficient (Wildman–Crippen LogP) is 1.32. The number of hydrogen-bond donors (Lipinski definition) is 0. The number of carbonyl (C=O) groups is 1. The van der Waals surface area contributed by atoms with Crippen molar-refractivity contribution in [2.75, 3.05) is 32.8 Å². The average Bonchev–Trinajstić information content (AvgIpc) is 3.00. The van der Waals surface area contributed by atoms with Crippen molar-refractivity contribution in [3.05, 3.63) is 29.8 Å². The van der Waals surface area contributed by atoms with E-state index in [1.54, 1.807) is 0 Å². The average molecular weight is 275 g/mol. The molecule has 2 fully saturated rings. The number of benzene rings is 1. The zero-order valence-corrected chi connectivity index (χ0v) is 12.1. The van der Waals surface area contributed by atoms with Crippen LogP contribution < -0.4 is 5.46 Å². The fourth-order valence-corrected chi connectivity index (χ4v) is 3.90. The van der Waals surface area contributed by atoms with E-state index in [1.165, 1.54) is 12.8 Å². The lowest BCUT2D eigenvalue weighted by atomic mass is 9.59. The van der Waals surface area contributed by atoms with E-state index >= 15 is 0 Å². The fourth-order valence-electron chi connectivity index (χ4n) is 3.90. The standard InChI is InChI=1S/C15H22BNO3/c1-2-3-8-17-9-11-19-16(17,20-12-10-17)15-7-5-4-6-14(15)13-18/h4-7,13H,2-3,8-12H2,1H3. The minimum atomic E-state index is -1.55. The first-order valence-electron chi connectivity index (χ1n) is 7.60. The topological polar surface area (TPSA) is 35.5 Å². The Hall–Kier alpha value is -1.17. The largest absolute Gasteiger partial charge is 0.505 e. The van der Waals surface area contributed by atoms with Crippen LogP contribution in [0.25, 0.3) is 0 Å². The molecule has 0 aromatic heterocycles. The van der Waals surface area contributed by atoms with Gasteiger partial charge in [-0.05, 0) is 12.0 Å². The molecule has 0 atom stereocenters. The summed E-state index contributed by atoms with van der Waals surface area (Å²) in [4.78, 5) is 11.4. The van der Waals surface area contributed by atoms with Gasteiger partial charge in [-0.15, -0.1) is 0 Å². The van der Waals surface area contributed by atoms with Crippen molar-refractivity contribution in [2.24, 2.45) is 0 Å². The third kappa shape index (κ3) is 1.84. The molecule has 0 amide bonds. The van der Waals surface area contributed by atoms with Gasteiger partial charge in [0.15, 0.2) is 0 Å². The molecule has 0 aliphatic carbocycles. The van der Waals surface area contributed by atoms with Crippen LogP contribution in [0.5, 0.6) is 0 Å². The molecule has 3 rings (SSSR count). The Labute approximate surface area is 120 Å². The molecule has 1 aromatic rings. The molecule has 0 spiro atoms. The third-order valence-corrected chi connectivity index (χ3v) is 4.95. The van der Waals surface area contributed by atoms with Gasteiger partial charge in [-0.1, -0.05) is 43.1 Å². The Bertz CT molecular complexity index is 496. The van der Waals surface area contributed by atoms with E-state index in [0.717, 1.165) is 49.0 Å². The summed E-state index contributed by atoms with van der Waals surface area (Å²) in [6.07, 6.45) is 3.25. The Morgan fingerprint density at radius 3 is 2.60 bits per heavy atom. The molecule has 2 aliphatic heterocycles. The van der Waals surface area contributed by atoms with E-state index in [2.05, 4.69) is 6.92 Å². The number of aldehydes is 1. The van der Waals surface area contributed by atoms with Crippen molar-refractivity contribution in [1.82, 2.24) is 0 Å². The third-order valence-electron chi connectivity index (χ3n) is 4.95. The molecule has 2 saturated heterocycles. The highest BCUT2D eigenvalue weighted by molar-refractivity contribution is 6.76. The van der Waals surface area contributed by atoms with Gasteiger partial charge in [-0.2, -0.15) is 0 Å². The highest BCUT2D eigenvalue weighted by Crippen LogP contribution is 2.35. The Morgan fingerprint density at radius 1 is 1.25 bits per heavy atom. The van der Waals surface area contributed by atoms with Gasteiger partial charge >= 0.3 is 6.69 Å². The zero-order chi connectivity index (χ0) is 14.1. The molecular weight excluding hydrogens is 253 g/mol. The molecule has 0 radical (unpaired) electrons. The summed E-state index contributed by atoms with van der Waals surface area (Å²) < 4.78 is 13.2. The maximum Gasteiger partial charge on any atom is 0.503 e. The van der Waals surface area contributed by atoms with Crippen molar-refractivity contribution in [3.63, 3.8) is 0 Å². The van der Waals surface area contributed by atoms with E-state index in [9.17, 15) is 4.79 Å². The fraction of sp³-hybridized carbons (Fsp3) is 0.533. The molecule has 0 bridgehead atoms. The van der Waals surface area contributed by atoms with Crippen LogP contribution in [0.15, 0.2) is 24.3 Å². The molecule has 0 unspecified atom stereocenters. The number of hydrogen-bond acceptors (Lipinski definition) is 3. The Morgan fingerprint density at radius 2 is 1.95 bits per heavy atom. The lowest BCUT2D eigenvalue weighted by Gasteiger charge is -2.47. The SMILES string of the molecule is CCCC[N+]12CCO[B-]1(c1ccccc1C=O)OCC2. The zero-order valence-electron chi connectivity index (χ0n) is 12.1. The van der Waals surface area contributed by atoms with Crippen molar-refractivity contribution in [1.29, 1.82) is 0 Å². The normalized spacial score (nSPS) is 32.2. The van der Waals surface area contributed by atoms with Crippen LogP contribution in [0.3, 0.4) is 0 Å². The number of carbonyl (C=O) groups excluding carboxylic acids is 1. The van der Waals surface area contributed by atoms with Gasteiger partial charge in [0, 0.05) is 6.54 Å². The van der Waals surface area contributed by atoms with Gasteiger partial charge in [-0.25, -0.2) is 0 Å². The van der Waals surface area contributed by atoms with Gasteiger partial charge in [0.1, 0.15) is 6.29 Å². The van der Waals surface area contributed by atoms with E-state index in [-0.39, 0.29) is 0 Å². The van der Waals surface area contributed by atoms with Crippen LogP contribution >= 0.6 is 0 Å². The highest BCUT2D eigenvalue weighted by Gasteiger charge is 2.59. The van der Waals surface area contributed by atoms with Crippen LogP contribution in [0.4, 0.5) is 0 Å². The number of rotatable bonds is 5. The van der Waals surface area contributed by atoms with Crippen LogP contribution in [0.2, 0.25) is 0 Å². The minimum absolute atomic E-state index is 0.704. The summed E-state index contributed by atoms with van der Waals surface area (Å²) in [5.41, 5.74) is 1.66. The van der Waals surface area contributed by atoms with E-state index < -0.39 is 6.69 Å². The molecular formula is C15H22BNO3. The Balaban J connectivity index is 2.06. The second kappa shape index (κ2) is 5.32. The van der Waals surface area contributed by atoms with Crippen molar-refractivity contribution >= 4 is 18.4 Å². The number of unbranched alkanes of at least 4 members (excludes halogenated alkanes) is 1. The van der Waals surface area contributed by atoms with E-state index in [0.29, 0.717) is 5.56 Å². The van der Waals surface area contributed by atoms with E-state index in [1.807, 2.05) is 24.3 Å². The molecule has 0 N–H and O–H groups in total. The summed E-state index contributed by atoms with van der Waals surface area (Å²) in [5.74, 6) is 0. The van der Waals surface area contributed by atoms with Gasteiger partial charge in [-0.3, -0.25) is 4.79 Å². The first-order valence-corrected chi connectivity index (χ1v) is 7.60. The van der Waals surface area contributed by atoms with Gasteiger partial charge in [0.25, 0.3) is 0 Å². The van der Waals surface area contributed by atoms with Crippen molar-refractivity contribution in [3.8, 4) is 0 Å². The summed E-state index contributed by atoms with van der Waals surface area (Å²) in [6, 6.07) is 7.72. The predicted molar refractivity (Wildman–Crippen MR) is 78.9 cm³/mol. The summed E-state index contributed by atoms with van der Waals surface area (Å²) in [7, 11) is 0. The number of quaternary nitrogens is 1. The van der Waals surface area contributed by atoms with Crippen LogP contribution in [-0.2, 0) is 9.31 Å². The summed E-state index contributed by atoms with van der Waals surface area (Å²) >= 11 is 0. The van der Waals surface area contributed by atoms with E-state index in [4.69, 9.17) is 9.31 Å². The lowest BCUT2D eigenvalue weighted by molar-refractivity contribution is -0.820. The molecule has 0 saturated carbocycles. The van der Waals surface area contributed by atoms with Gasteiger partial charge in [0.05, 0.1) is 26.3 Å². The second-order valence-corrected chi connectivity index (χ2v) is 5.90. The van der Waals surface area contributed by atoms with Crippen molar-refractivity contribution < 1.29 is 18.5 Å². The molecule has 4 nitrogen and oxygen atoms in total. The monoisotopic (exact) mass is 275 g/mol. The maximum atomic E-state index is 11.4. The highest BCUT2D eigenvalue weighted by atomic mass is 16.6. The lowest BCUT2D eigenvalue weighted by Crippen LogP contribution is -2.70. The number of fused-ring (bicyclic) bond motifs is 1. The van der Waals surface area contributed by atoms with Gasteiger partial charge < -0.3 is 13.7 Å². The van der Waals surface area contributed by atoms with Gasteiger partial charge in [0.2, 0.25) is 0 Å². The quantitative estimate of drug-likeness (QED) is 0.600. The minimum Gasteiger partial charge on any atom is -0.505 e. The summed E-state index contributed by atoms with van der Waals surface area (Å²) in [6.45, 7) is 5.16. The summed E-state index contributed by atoms with van der Waals surface area (Å²) in [5, 5.41) is 0. The van der Waals surface area contributed by atoms with Crippen molar-refractivity contribution in [2.45, 2.75) is 19.8 Å². The first-order chi connectivity index (χ1) is 9.78. The smallest absolute Gasteiger partial charge is 0.503 e. The molecule has 108 valence electrons. The second-order valence-electron chi connectivity index (χ2n) is 5.90.